The first-order valence-electron chi connectivity index (χ1n) is 4.75. The predicted molar refractivity (Wildman–Crippen MR) is 76.7 cm³/mol. The monoisotopic (exact) mass is 398 g/mol. The molecule has 18 heavy (non-hydrogen) atoms. The number of hydrogen-bond donors (Lipinski definition) is 0. The van der Waals surface area contributed by atoms with Crippen LogP contribution in [0, 0.1) is 9.39 Å². The summed E-state index contributed by atoms with van der Waals surface area (Å²) < 4.78 is 18.8. The summed E-state index contributed by atoms with van der Waals surface area (Å²) in [5, 5.41) is 0.516. The lowest BCUT2D eigenvalue weighted by Crippen LogP contribution is -1.95. The molecule has 0 aliphatic rings. The fourth-order valence-corrected chi connectivity index (χ4v) is 1.95. The van der Waals surface area contributed by atoms with Crippen LogP contribution in [-0.2, 0) is 0 Å². The van der Waals surface area contributed by atoms with E-state index in [1.807, 2.05) is 22.6 Å². The van der Waals surface area contributed by atoms with Crippen molar-refractivity contribution < 1.29 is 9.13 Å². The summed E-state index contributed by atoms with van der Waals surface area (Å²) in [5.74, 6) is -0.0189. The molecule has 1 aromatic heterocycles. The maximum atomic E-state index is 13.3. The minimum atomic E-state index is -0.455. The van der Waals surface area contributed by atoms with Crippen LogP contribution >= 0.6 is 45.8 Å². The average Bonchev–Trinajstić information content (AvgIpc) is 2.36. The van der Waals surface area contributed by atoms with Crippen molar-refractivity contribution in [3.05, 3.63) is 37.9 Å². The second-order valence-corrected chi connectivity index (χ2v) is 5.09. The third-order valence-electron chi connectivity index (χ3n) is 2.18. The number of methoxy groups -OCH3 is 1. The number of benzene rings is 1. The Labute approximate surface area is 126 Å². The van der Waals surface area contributed by atoms with Gasteiger partial charge in [-0.05, 0) is 40.8 Å². The van der Waals surface area contributed by atoms with E-state index in [4.69, 9.17) is 27.9 Å². The number of halogens is 4. The van der Waals surface area contributed by atoms with E-state index < -0.39 is 5.82 Å². The number of rotatable bonds is 2. The zero-order valence-electron chi connectivity index (χ0n) is 9.05. The van der Waals surface area contributed by atoms with Crippen molar-refractivity contribution in [2.75, 3.05) is 7.11 Å². The second kappa shape index (κ2) is 5.54. The summed E-state index contributed by atoms with van der Waals surface area (Å²) in [7, 11) is 1.39. The largest absolute Gasteiger partial charge is 0.494 e. The fourth-order valence-electron chi connectivity index (χ4n) is 1.32. The second-order valence-electron chi connectivity index (χ2n) is 3.29. The first kappa shape index (κ1) is 13.8. The molecule has 7 heteroatoms. The van der Waals surface area contributed by atoms with E-state index in [9.17, 15) is 4.39 Å². The molecule has 0 aliphatic heterocycles. The highest BCUT2D eigenvalue weighted by atomic mass is 127. The first-order chi connectivity index (χ1) is 8.52. The Kier molecular flexibility index (Phi) is 4.24. The Morgan fingerprint density at radius 1 is 1.22 bits per heavy atom. The zero-order chi connectivity index (χ0) is 13.3. The highest BCUT2D eigenvalue weighted by molar-refractivity contribution is 14.1. The van der Waals surface area contributed by atoms with Gasteiger partial charge in [-0.15, -0.1) is 0 Å². The van der Waals surface area contributed by atoms with Crippen molar-refractivity contribution in [2.45, 2.75) is 0 Å². The topological polar surface area (TPSA) is 35.0 Å². The van der Waals surface area contributed by atoms with Crippen molar-refractivity contribution in [3.8, 4) is 17.1 Å². The van der Waals surface area contributed by atoms with Crippen LogP contribution in [0.1, 0.15) is 0 Å². The van der Waals surface area contributed by atoms with Crippen molar-refractivity contribution >= 4 is 45.8 Å². The Morgan fingerprint density at radius 2 is 1.83 bits per heavy atom. The van der Waals surface area contributed by atoms with Gasteiger partial charge < -0.3 is 4.74 Å². The molecule has 2 aromatic rings. The highest BCUT2D eigenvalue weighted by Gasteiger charge is 2.12. The summed E-state index contributed by atoms with van der Waals surface area (Å²) in [4.78, 5) is 8.19. The normalized spacial score (nSPS) is 10.5. The molecular formula is C11H6Cl2FIN2O. The van der Waals surface area contributed by atoms with Crippen LogP contribution in [0.5, 0.6) is 5.75 Å². The maximum absolute atomic E-state index is 13.3. The van der Waals surface area contributed by atoms with Gasteiger partial charge in [-0.1, -0.05) is 23.2 Å². The minimum absolute atomic E-state index is 0.113. The van der Waals surface area contributed by atoms with Gasteiger partial charge in [0.2, 0.25) is 0 Å². The Hall–Kier alpha value is -0.660. The summed E-state index contributed by atoms with van der Waals surface area (Å²) >= 11 is 13.8. The maximum Gasteiger partial charge on any atom is 0.165 e. The number of ether oxygens (including phenoxy) is 1. The Bertz CT molecular complexity index is 587. The van der Waals surface area contributed by atoms with Gasteiger partial charge in [0.1, 0.15) is 10.3 Å². The van der Waals surface area contributed by atoms with E-state index in [2.05, 4.69) is 9.97 Å². The lowest BCUT2D eigenvalue weighted by Gasteiger charge is -2.06. The molecule has 1 heterocycles. The van der Waals surface area contributed by atoms with E-state index in [1.165, 1.54) is 25.3 Å². The molecule has 0 atom stereocenters. The van der Waals surface area contributed by atoms with Gasteiger partial charge >= 0.3 is 0 Å². The molecule has 0 N–H and O–H groups in total. The summed E-state index contributed by atoms with van der Waals surface area (Å²) in [6, 6.07) is 4.30. The van der Waals surface area contributed by atoms with Crippen molar-refractivity contribution in [1.82, 2.24) is 9.97 Å². The quantitative estimate of drug-likeness (QED) is 0.561. The van der Waals surface area contributed by atoms with Crippen molar-refractivity contribution in [1.29, 1.82) is 0 Å². The van der Waals surface area contributed by atoms with Crippen LogP contribution in [-0.4, -0.2) is 17.1 Å². The molecule has 0 amide bonds. The molecule has 2 rings (SSSR count). The number of hydrogen-bond acceptors (Lipinski definition) is 3. The third-order valence-corrected chi connectivity index (χ3v) is 4.39. The molecule has 0 unspecified atom stereocenters. The molecule has 1 aromatic carbocycles. The van der Waals surface area contributed by atoms with Gasteiger partial charge in [0.05, 0.1) is 10.7 Å². The van der Waals surface area contributed by atoms with Gasteiger partial charge in [-0.2, -0.15) is 0 Å². The molecule has 0 aliphatic carbocycles. The molecular weight excluding hydrogens is 393 g/mol. The summed E-state index contributed by atoms with van der Waals surface area (Å²) in [6.07, 6.45) is 0. The van der Waals surface area contributed by atoms with Crippen LogP contribution < -0.4 is 4.74 Å². The smallest absolute Gasteiger partial charge is 0.165 e. The molecule has 0 radical (unpaired) electrons. The van der Waals surface area contributed by atoms with E-state index in [-0.39, 0.29) is 16.1 Å². The zero-order valence-corrected chi connectivity index (χ0v) is 12.7. The number of nitrogens with zero attached hydrogens (tertiary/aromatic N) is 2. The third kappa shape index (κ3) is 2.67. The molecule has 0 bridgehead atoms. The van der Waals surface area contributed by atoms with Gasteiger partial charge in [0.15, 0.2) is 17.4 Å². The fraction of sp³-hybridized carbons (Fsp3) is 0.0909. The van der Waals surface area contributed by atoms with Crippen LogP contribution in [0.25, 0.3) is 11.4 Å². The molecule has 0 spiro atoms. The first-order valence-corrected chi connectivity index (χ1v) is 6.59. The van der Waals surface area contributed by atoms with E-state index in [0.29, 0.717) is 15.0 Å². The van der Waals surface area contributed by atoms with Crippen LogP contribution in [0.4, 0.5) is 4.39 Å². The van der Waals surface area contributed by atoms with Gasteiger partial charge in [0.25, 0.3) is 0 Å². The number of aromatic nitrogens is 2. The Balaban J connectivity index is 2.55. The van der Waals surface area contributed by atoms with Crippen LogP contribution in [0.2, 0.25) is 10.3 Å². The lowest BCUT2D eigenvalue weighted by atomic mass is 10.2. The lowest BCUT2D eigenvalue weighted by molar-refractivity contribution is 0.387. The Morgan fingerprint density at radius 3 is 2.39 bits per heavy atom. The van der Waals surface area contributed by atoms with Crippen molar-refractivity contribution in [2.24, 2.45) is 0 Å². The summed E-state index contributed by atoms with van der Waals surface area (Å²) in [5.41, 5.74) is 0.577. The molecule has 3 nitrogen and oxygen atoms in total. The molecule has 0 saturated heterocycles. The van der Waals surface area contributed by atoms with Gasteiger partial charge in [-0.25, -0.2) is 14.4 Å². The highest BCUT2D eigenvalue weighted by Crippen LogP contribution is 2.29. The molecule has 94 valence electrons. The SMILES string of the molecule is COc1cc(-c2nc(Cl)c(I)c(Cl)n2)ccc1F. The standard InChI is InChI=1S/C11H6Cl2FIN2O/c1-18-7-4-5(2-3-6(7)14)11-16-9(12)8(15)10(13)17-11/h2-4H,1H3. The van der Waals surface area contributed by atoms with E-state index >= 15 is 0 Å². The predicted octanol–water partition coefficient (Wildman–Crippen LogP) is 4.20. The van der Waals surface area contributed by atoms with Crippen molar-refractivity contribution in [3.63, 3.8) is 0 Å². The average molecular weight is 399 g/mol. The summed E-state index contributed by atoms with van der Waals surface area (Å²) in [6.45, 7) is 0. The van der Waals surface area contributed by atoms with Crippen LogP contribution in [0.3, 0.4) is 0 Å². The van der Waals surface area contributed by atoms with E-state index in [1.54, 1.807) is 0 Å². The van der Waals surface area contributed by atoms with Gasteiger partial charge in [-0.3, -0.25) is 0 Å². The van der Waals surface area contributed by atoms with Crippen LogP contribution in [0.15, 0.2) is 18.2 Å². The van der Waals surface area contributed by atoms with E-state index in [0.717, 1.165) is 0 Å². The molecule has 0 saturated carbocycles. The minimum Gasteiger partial charge on any atom is -0.494 e. The van der Waals surface area contributed by atoms with Gasteiger partial charge in [0, 0.05) is 5.56 Å². The molecule has 0 fully saturated rings.